The Morgan fingerprint density at radius 1 is 1.12 bits per heavy atom. The molecule has 2 aromatic carbocycles. The van der Waals surface area contributed by atoms with Crippen LogP contribution in [-0.2, 0) is 0 Å². The summed E-state index contributed by atoms with van der Waals surface area (Å²) in [5.41, 5.74) is 4.57. The number of hydrogen-bond acceptors (Lipinski definition) is 6. The van der Waals surface area contributed by atoms with Gasteiger partial charge in [0.25, 0.3) is 5.91 Å². The van der Waals surface area contributed by atoms with E-state index in [1.54, 1.807) is 24.3 Å². The average Bonchev–Trinajstić information content (AvgIpc) is 2.62. The van der Waals surface area contributed by atoms with Gasteiger partial charge in [0, 0.05) is 30.9 Å². The van der Waals surface area contributed by atoms with Crippen molar-refractivity contribution in [3.05, 3.63) is 47.5 Å². The van der Waals surface area contributed by atoms with Crippen LogP contribution in [0.4, 0.5) is 5.69 Å². The lowest BCUT2D eigenvalue weighted by atomic mass is 10.2. The normalized spacial score (nSPS) is 10.6. The lowest BCUT2D eigenvalue weighted by Gasteiger charge is -2.12. The lowest BCUT2D eigenvalue weighted by Crippen LogP contribution is -2.18. The number of hydrogen-bond donors (Lipinski definition) is 2. The number of methoxy groups -OCH3 is 2. The highest BCUT2D eigenvalue weighted by molar-refractivity contribution is 5.95. The number of nitrogens with one attached hydrogen (secondary N) is 1. The van der Waals surface area contributed by atoms with Gasteiger partial charge in [0.1, 0.15) is 0 Å². The van der Waals surface area contributed by atoms with Crippen LogP contribution in [0.3, 0.4) is 0 Å². The number of nitrogens with zero attached hydrogens (tertiary/aromatic N) is 2. The summed E-state index contributed by atoms with van der Waals surface area (Å²) in [6.45, 7) is 0. The van der Waals surface area contributed by atoms with Crippen LogP contribution in [0.2, 0.25) is 0 Å². The maximum Gasteiger partial charge on any atom is 0.271 e. The largest absolute Gasteiger partial charge is 0.502 e. The zero-order valence-electron chi connectivity index (χ0n) is 14.6. The van der Waals surface area contributed by atoms with Crippen LogP contribution < -0.4 is 19.8 Å². The van der Waals surface area contributed by atoms with E-state index in [-0.39, 0.29) is 23.2 Å². The Kier molecular flexibility index (Phi) is 5.84. The molecule has 0 atom stereocenters. The maximum atomic E-state index is 12.1. The molecule has 2 aromatic rings. The van der Waals surface area contributed by atoms with Crippen molar-refractivity contribution in [3.8, 4) is 17.2 Å². The number of ether oxygens (including phenoxy) is 2. The fourth-order valence-corrected chi connectivity index (χ4v) is 2.13. The van der Waals surface area contributed by atoms with Gasteiger partial charge in [-0.25, -0.2) is 5.43 Å². The van der Waals surface area contributed by atoms with Gasteiger partial charge in [-0.15, -0.1) is 0 Å². The van der Waals surface area contributed by atoms with E-state index in [9.17, 15) is 9.90 Å². The number of phenolic OH excluding ortho intramolecular Hbond substituents is 1. The van der Waals surface area contributed by atoms with Crippen molar-refractivity contribution in [2.24, 2.45) is 5.10 Å². The Hall–Kier alpha value is -3.22. The third kappa shape index (κ3) is 4.41. The standard InChI is InChI=1S/C18H21N3O4/c1-21(2)14-7-5-13(6-8-14)18(23)20-19-11-12-9-15(24-3)17(22)16(10-12)25-4/h5-11,22H,1-4H3,(H,20,23)/b19-11-. The van der Waals surface area contributed by atoms with E-state index in [4.69, 9.17) is 9.47 Å². The minimum absolute atomic E-state index is 0.0906. The molecule has 132 valence electrons. The highest BCUT2D eigenvalue weighted by Gasteiger charge is 2.10. The second kappa shape index (κ2) is 8.05. The molecular weight excluding hydrogens is 322 g/mol. The Bertz CT molecular complexity index is 745. The van der Waals surface area contributed by atoms with E-state index in [0.29, 0.717) is 11.1 Å². The van der Waals surface area contributed by atoms with Crippen molar-refractivity contribution < 1.29 is 19.4 Å². The fraction of sp³-hybridized carbons (Fsp3) is 0.222. The average molecular weight is 343 g/mol. The van der Waals surface area contributed by atoms with E-state index >= 15 is 0 Å². The third-order valence-corrected chi connectivity index (χ3v) is 3.53. The molecule has 0 bridgehead atoms. The summed E-state index contributed by atoms with van der Waals surface area (Å²) in [7, 11) is 6.74. The van der Waals surface area contributed by atoms with Crippen LogP contribution in [0, 0.1) is 0 Å². The van der Waals surface area contributed by atoms with Crippen molar-refractivity contribution in [2.75, 3.05) is 33.2 Å². The molecule has 0 aromatic heterocycles. The highest BCUT2D eigenvalue weighted by atomic mass is 16.5. The van der Waals surface area contributed by atoms with Gasteiger partial charge >= 0.3 is 0 Å². The first kappa shape index (κ1) is 18.1. The number of anilines is 1. The Balaban J connectivity index is 2.08. The summed E-state index contributed by atoms with van der Waals surface area (Å²) in [4.78, 5) is 14.0. The Labute approximate surface area is 146 Å². The number of phenols is 1. The third-order valence-electron chi connectivity index (χ3n) is 3.53. The van der Waals surface area contributed by atoms with E-state index in [1.165, 1.54) is 20.4 Å². The molecule has 0 saturated heterocycles. The van der Waals surface area contributed by atoms with Crippen molar-refractivity contribution in [1.29, 1.82) is 0 Å². The molecule has 1 amide bonds. The summed E-state index contributed by atoms with van der Waals surface area (Å²) < 4.78 is 10.1. The van der Waals surface area contributed by atoms with Gasteiger partial charge in [0.15, 0.2) is 11.5 Å². The van der Waals surface area contributed by atoms with Crippen LogP contribution in [0.1, 0.15) is 15.9 Å². The quantitative estimate of drug-likeness (QED) is 0.621. The van der Waals surface area contributed by atoms with Crippen LogP contribution in [0.5, 0.6) is 17.2 Å². The minimum atomic E-state index is -0.320. The molecule has 2 N–H and O–H groups in total. The van der Waals surface area contributed by atoms with E-state index in [2.05, 4.69) is 10.5 Å². The SMILES string of the molecule is COc1cc(/C=N\NC(=O)c2ccc(N(C)C)cc2)cc(OC)c1O. The molecule has 0 saturated carbocycles. The van der Waals surface area contributed by atoms with Gasteiger partial charge in [-0.3, -0.25) is 4.79 Å². The molecule has 0 fully saturated rings. The monoisotopic (exact) mass is 343 g/mol. The van der Waals surface area contributed by atoms with E-state index in [0.717, 1.165) is 5.69 Å². The lowest BCUT2D eigenvalue weighted by molar-refractivity contribution is 0.0955. The van der Waals surface area contributed by atoms with Gasteiger partial charge in [-0.2, -0.15) is 5.10 Å². The van der Waals surface area contributed by atoms with E-state index in [1.807, 2.05) is 31.1 Å². The fourth-order valence-electron chi connectivity index (χ4n) is 2.13. The molecule has 2 rings (SSSR count). The number of carbonyl (C=O) groups is 1. The molecule has 0 spiro atoms. The molecule has 0 aliphatic rings. The van der Waals surface area contributed by atoms with Crippen molar-refractivity contribution in [1.82, 2.24) is 5.43 Å². The van der Waals surface area contributed by atoms with Crippen molar-refractivity contribution in [2.45, 2.75) is 0 Å². The minimum Gasteiger partial charge on any atom is -0.502 e. The van der Waals surface area contributed by atoms with Gasteiger partial charge < -0.3 is 19.5 Å². The molecule has 0 aliphatic carbocycles. The number of carbonyl (C=O) groups excluding carboxylic acids is 1. The van der Waals surface area contributed by atoms with E-state index < -0.39 is 0 Å². The molecule has 25 heavy (non-hydrogen) atoms. The first-order chi connectivity index (χ1) is 12.0. The summed E-state index contributed by atoms with van der Waals surface area (Å²) in [6, 6.07) is 10.3. The van der Waals surface area contributed by atoms with Gasteiger partial charge in [0.05, 0.1) is 20.4 Å². The Morgan fingerprint density at radius 2 is 1.68 bits per heavy atom. The number of aromatic hydroxyl groups is 1. The second-order valence-corrected chi connectivity index (χ2v) is 5.41. The molecule has 0 unspecified atom stereocenters. The van der Waals surface area contributed by atoms with Gasteiger partial charge in [0.2, 0.25) is 5.75 Å². The molecular formula is C18H21N3O4. The zero-order chi connectivity index (χ0) is 18.4. The number of hydrazone groups is 1. The predicted molar refractivity (Wildman–Crippen MR) is 97.0 cm³/mol. The van der Waals surface area contributed by atoms with Crippen molar-refractivity contribution in [3.63, 3.8) is 0 Å². The number of amides is 1. The molecule has 7 nitrogen and oxygen atoms in total. The smallest absolute Gasteiger partial charge is 0.271 e. The Morgan fingerprint density at radius 3 is 2.16 bits per heavy atom. The number of benzene rings is 2. The maximum absolute atomic E-state index is 12.1. The zero-order valence-corrected chi connectivity index (χ0v) is 14.6. The molecule has 0 radical (unpaired) electrons. The summed E-state index contributed by atoms with van der Waals surface area (Å²) in [5, 5.41) is 13.8. The predicted octanol–water partition coefficient (Wildman–Crippen LogP) is 2.24. The van der Waals surface area contributed by atoms with Gasteiger partial charge in [-0.05, 0) is 36.4 Å². The van der Waals surface area contributed by atoms with Crippen molar-refractivity contribution >= 4 is 17.8 Å². The van der Waals surface area contributed by atoms with Crippen LogP contribution >= 0.6 is 0 Å². The highest BCUT2D eigenvalue weighted by Crippen LogP contribution is 2.36. The second-order valence-electron chi connectivity index (χ2n) is 5.41. The molecule has 0 heterocycles. The summed E-state index contributed by atoms with van der Waals surface area (Å²) in [6.07, 6.45) is 1.44. The van der Waals surface area contributed by atoms with Crippen LogP contribution in [0.15, 0.2) is 41.5 Å². The van der Waals surface area contributed by atoms with Crippen LogP contribution in [0.25, 0.3) is 0 Å². The first-order valence-corrected chi connectivity index (χ1v) is 7.52. The first-order valence-electron chi connectivity index (χ1n) is 7.52. The number of rotatable bonds is 6. The van der Waals surface area contributed by atoms with Crippen LogP contribution in [-0.4, -0.2) is 45.5 Å². The molecule has 7 heteroatoms. The summed E-state index contributed by atoms with van der Waals surface area (Å²) in [5.74, 6) is 0.101. The topological polar surface area (TPSA) is 83.4 Å². The molecule has 0 aliphatic heterocycles. The van der Waals surface area contributed by atoms with Gasteiger partial charge in [-0.1, -0.05) is 0 Å². The summed E-state index contributed by atoms with van der Waals surface area (Å²) >= 11 is 0.